The molecular weight excluding hydrogens is 414 g/mol. The molecule has 1 aliphatic heterocycles. The van der Waals surface area contributed by atoms with E-state index in [9.17, 15) is 4.79 Å². The Morgan fingerprint density at radius 2 is 2.16 bits per heavy atom. The number of likely N-dealkylation sites (tertiary alicyclic amines) is 1. The highest BCUT2D eigenvalue weighted by atomic mass is 35.5. The highest BCUT2D eigenvalue weighted by molar-refractivity contribution is 6.30. The van der Waals surface area contributed by atoms with Gasteiger partial charge >= 0.3 is 5.97 Å². The van der Waals surface area contributed by atoms with Gasteiger partial charge in [0.05, 0.1) is 17.2 Å². The van der Waals surface area contributed by atoms with Gasteiger partial charge in [-0.1, -0.05) is 23.7 Å². The van der Waals surface area contributed by atoms with Crippen molar-refractivity contribution in [2.24, 2.45) is 13.0 Å². The van der Waals surface area contributed by atoms with Gasteiger partial charge in [-0.15, -0.1) is 0 Å². The molecule has 0 N–H and O–H groups in total. The molecule has 0 amide bonds. The first-order chi connectivity index (χ1) is 14.9. The van der Waals surface area contributed by atoms with Gasteiger partial charge in [-0.2, -0.15) is 0 Å². The summed E-state index contributed by atoms with van der Waals surface area (Å²) in [5.74, 6) is -0.250. The number of esters is 1. The van der Waals surface area contributed by atoms with E-state index >= 15 is 0 Å². The van der Waals surface area contributed by atoms with Gasteiger partial charge in [0, 0.05) is 62.2 Å². The van der Waals surface area contributed by atoms with Crippen LogP contribution in [0.4, 0.5) is 0 Å². The van der Waals surface area contributed by atoms with Crippen LogP contribution in [0.3, 0.4) is 0 Å². The summed E-state index contributed by atoms with van der Waals surface area (Å²) in [6.07, 6.45) is 6.96. The van der Waals surface area contributed by atoms with E-state index < -0.39 is 11.6 Å². The van der Waals surface area contributed by atoms with E-state index in [0.29, 0.717) is 17.2 Å². The van der Waals surface area contributed by atoms with E-state index in [1.165, 1.54) is 34.4 Å². The molecule has 3 heterocycles. The number of benzene rings is 1. The number of likely N-dealkylation sites (N-methyl/N-ethyl adjacent to an activating group) is 1. The maximum atomic E-state index is 12.5. The SMILES string of the molecule is CO[C@]12C[C@@H](COC(=O)c3cncc(Cl)c3)CN(C)[C@@H]1Cc1cn(C)c3cccc2c13. The highest BCUT2D eigenvalue weighted by Gasteiger charge is 2.51. The smallest absolute Gasteiger partial charge is 0.339 e. The largest absolute Gasteiger partial charge is 0.462 e. The van der Waals surface area contributed by atoms with Gasteiger partial charge in [-0.25, -0.2) is 4.79 Å². The van der Waals surface area contributed by atoms with E-state index in [1.54, 1.807) is 13.2 Å². The average Bonchev–Trinajstić information content (AvgIpc) is 3.09. The first-order valence-electron chi connectivity index (χ1n) is 10.5. The number of rotatable bonds is 4. The van der Waals surface area contributed by atoms with E-state index in [0.717, 1.165) is 19.4 Å². The van der Waals surface area contributed by atoms with Gasteiger partial charge in [0.15, 0.2) is 0 Å². The van der Waals surface area contributed by atoms with Crippen LogP contribution in [0, 0.1) is 5.92 Å². The summed E-state index contributed by atoms with van der Waals surface area (Å²) in [7, 11) is 6.04. The highest BCUT2D eigenvalue weighted by Crippen LogP contribution is 2.49. The van der Waals surface area contributed by atoms with Crippen LogP contribution >= 0.6 is 11.6 Å². The van der Waals surface area contributed by atoms with E-state index in [2.05, 4.69) is 52.9 Å². The first-order valence-corrected chi connectivity index (χ1v) is 10.9. The number of piperidine rings is 1. The predicted molar refractivity (Wildman–Crippen MR) is 119 cm³/mol. The molecule has 7 heteroatoms. The van der Waals surface area contributed by atoms with E-state index in [4.69, 9.17) is 21.1 Å². The van der Waals surface area contributed by atoms with Gasteiger partial charge in [0.1, 0.15) is 5.60 Å². The molecule has 162 valence electrons. The lowest BCUT2D eigenvalue weighted by molar-refractivity contribution is -0.131. The molecule has 31 heavy (non-hydrogen) atoms. The van der Waals surface area contributed by atoms with Gasteiger partial charge < -0.3 is 14.0 Å². The molecule has 1 aliphatic carbocycles. The fourth-order valence-corrected chi connectivity index (χ4v) is 5.80. The number of aryl methyl sites for hydroxylation is 1. The maximum absolute atomic E-state index is 12.5. The summed E-state index contributed by atoms with van der Waals surface area (Å²) in [6, 6.07) is 8.29. The maximum Gasteiger partial charge on any atom is 0.339 e. The Kier molecular flexibility index (Phi) is 5.04. The molecule has 1 fully saturated rings. The van der Waals surface area contributed by atoms with Gasteiger partial charge in [-0.3, -0.25) is 9.88 Å². The van der Waals surface area contributed by atoms with Crippen LogP contribution in [0.5, 0.6) is 0 Å². The number of nitrogens with zero attached hydrogens (tertiary/aromatic N) is 3. The molecule has 1 aromatic carbocycles. The third kappa shape index (κ3) is 3.25. The Morgan fingerprint density at radius 3 is 2.94 bits per heavy atom. The second kappa shape index (κ2) is 7.62. The number of fused-ring (bicyclic) bond motifs is 2. The monoisotopic (exact) mass is 439 g/mol. The van der Waals surface area contributed by atoms with E-state index in [1.807, 2.05) is 0 Å². The molecule has 2 aliphatic rings. The van der Waals surface area contributed by atoms with Crippen molar-refractivity contribution in [2.45, 2.75) is 24.5 Å². The van der Waals surface area contributed by atoms with Crippen LogP contribution in [0.25, 0.3) is 10.9 Å². The summed E-state index contributed by atoms with van der Waals surface area (Å²) >= 11 is 5.96. The van der Waals surface area contributed by atoms with Gasteiger partial charge in [0.2, 0.25) is 0 Å². The molecule has 0 unspecified atom stereocenters. The molecule has 0 bridgehead atoms. The average molecular weight is 440 g/mol. The van der Waals surface area contributed by atoms with Crippen LogP contribution < -0.4 is 0 Å². The minimum Gasteiger partial charge on any atom is -0.462 e. The van der Waals surface area contributed by atoms with Crippen molar-refractivity contribution in [3.63, 3.8) is 0 Å². The zero-order valence-corrected chi connectivity index (χ0v) is 18.7. The topological polar surface area (TPSA) is 56.6 Å². The first kappa shape index (κ1) is 20.5. The fraction of sp³-hybridized carbons (Fsp3) is 0.417. The lowest BCUT2D eigenvalue weighted by atomic mass is 9.69. The molecule has 0 spiro atoms. The number of hydrogen-bond donors (Lipinski definition) is 0. The molecule has 0 radical (unpaired) electrons. The number of carbonyl (C=O) groups excluding carboxylic acids is 1. The van der Waals surface area contributed by atoms with Crippen LogP contribution in [0.1, 0.15) is 27.9 Å². The zero-order valence-electron chi connectivity index (χ0n) is 18.0. The Labute approximate surface area is 186 Å². The Bertz CT molecular complexity index is 1160. The number of methoxy groups -OCH3 is 1. The number of halogens is 1. The molecule has 3 aromatic rings. The van der Waals surface area contributed by atoms with Crippen molar-refractivity contribution in [2.75, 3.05) is 27.3 Å². The molecule has 3 atom stereocenters. The summed E-state index contributed by atoms with van der Waals surface area (Å²) in [4.78, 5) is 18.8. The number of hydrogen-bond acceptors (Lipinski definition) is 5. The van der Waals surface area contributed by atoms with Crippen molar-refractivity contribution in [3.8, 4) is 0 Å². The van der Waals surface area contributed by atoms with Crippen molar-refractivity contribution >= 4 is 28.5 Å². The second-order valence-corrected chi connectivity index (χ2v) is 9.21. The number of pyridine rings is 1. The minimum absolute atomic E-state index is 0.151. The van der Waals surface area contributed by atoms with Crippen molar-refractivity contribution in [1.29, 1.82) is 0 Å². The van der Waals surface area contributed by atoms with Crippen LogP contribution in [-0.2, 0) is 28.5 Å². The van der Waals surface area contributed by atoms with Crippen molar-refractivity contribution in [1.82, 2.24) is 14.5 Å². The minimum atomic E-state index is -0.435. The van der Waals surface area contributed by atoms with Crippen LogP contribution in [0.2, 0.25) is 5.02 Å². The van der Waals surface area contributed by atoms with Gasteiger partial charge in [0.25, 0.3) is 0 Å². The lowest BCUT2D eigenvalue weighted by Gasteiger charge is -2.53. The van der Waals surface area contributed by atoms with Crippen molar-refractivity contribution in [3.05, 3.63) is 64.6 Å². The standard InChI is InChI=1S/C24H26ClN3O3/c1-27-13-17-8-21-24(30-3,19-5-4-6-20(27)22(17)19)9-15(12-28(21)2)14-31-23(29)16-7-18(25)11-26-10-16/h4-7,10-11,13,15,21H,8-9,12,14H2,1-3H3/t15-,21-,24+/m1/s1. The summed E-state index contributed by atoms with van der Waals surface area (Å²) in [5.41, 5.74) is 3.77. The quantitative estimate of drug-likeness (QED) is 0.579. The number of ether oxygens (including phenoxy) is 2. The molecule has 1 saturated heterocycles. The number of aromatic nitrogens is 2. The number of carbonyl (C=O) groups is 1. The van der Waals surface area contributed by atoms with Gasteiger partial charge in [-0.05, 0) is 43.1 Å². The van der Waals surface area contributed by atoms with E-state index in [-0.39, 0.29) is 12.0 Å². The second-order valence-electron chi connectivity index (χ2n) is 8.78. The molecule has 2 aromatic heterocycles. The summed E-state index contributed by atoms with van der Waals surface area (Å²) < 4.78 is 14.2. The summed E-state index contributed by atoms with van der Waals surface area (Å²) in [6.45, 7) is 1.17. The zero-order chi connectivity index (χ0) is 21.8. The molecule has 6 nitrogen and oxygen atoms in total. The lowest BCUT2D eigenvalue weighted by Crippen LogP contribution is -2.59. The summed E-state index contributed by atoms with van der Waals surface area (Å²) in [5, 5.41) is 1.72. The Balaban J connectivity index is 1.44. The van der Waals surface area contributed by atoms with Crippen molar-refractivity contribution < 1.29 is 14.3 Å². The third-order valence-electron chi connectivity index (χ3n) is 6.93. The Hall–Kier alpha value is -2.41. The fourth-order valence-electron chi connectivity index (χ4n) is 5.63. The molecular formula is C24H26ClN3O3. The molecule has 0 saturated carbocycles. The Morgan fingerprint density at radius 1 is 1.32 bits per heavy atom. The van der Waals surface area contributed by atoms with Crippen LogP contribution in [0.15, 0.2) is 42.9 Å². The van der Waals surface area contributed by atoms with Crippen LogP contribution in [-0.4, -0.2) is 53.8 Å². The predicted octanol–water partition coefficient (Wildman–Crippen LogP) is 3.80. The molecule has 5 rings (SSSR count). The third-order valence-corrected chi connectivity index (χ3v) is 7.13. The normalized spacial score (nSPS) is 25.4.